The molecular weight excluding hydrogens is 256 g/mol. The van der Waals surface area contributed by atoms with Crippen molar-refractivity contribution in [3.63, 3.8) is 0 Å². The molecule has 0 aromatic heterocycles. The Bertz CT molecular complexity index is 574. The van der Waals surface area contributed by atoms with E-state index < -0.39 is 21.9 Å². The topological polar surface area (TPSA) is 91.7 Å². The summed E-state index contributed by atoms with van der Waals surface area (Å²) in [5, 5.41) is 18.9. The SMILES string of the molecule is CCC(O)c1cc(S(C)(=O)=O)cc(C(=O)O)c1C. The summed E-state index contributed by atoms with van der Waals surface area (Å²) in [5.41, 5.74) is 0.641. The first-order valence-corrected chi connectivity index (χ1v) is 7.33. The van der Waals surface area contributed by atoms with E-state index in [1.807, 2.05) is 0 Å². The van der Waals surface area contributed by atoms with E-state index in [1.54, 1.807) is 13.8 Å². The van der Waals surface area contributed by atoms with Crippen LogP contribution in [-0.2, 0) is 9.84 Å². The van der Waals surface area contributed by atoms with Crippen molar-refractivity contribution < 1.29 is 23.4 Å². The smallest absolute Gasteiger partial charge is 0.336 e. The maximum atomic E-state index is 11.5. The highest BCUT2D eigenvalue weighted by atomic mass is 32.2. The van der Waals surface area contributed by atoms with E-state index in [9.17, 15) is 18.3 Å². The van der Waals surface area contributed by atoms with Crippen LogP contribution in [0.1, 0.15) is 40.9 Å². The Morgan fingerprint density at radius 1 is 1.39 bits per heavy atom. The predicted molar refractivity (Wildman–Crippen MR) is 66.5 cm³/mol. The van der Waals surface area contributed by atoms with Gasteiger partial charge in [-0.2, -0.15) is 0 Å². The Kier molecular flexibility index (Phi) is 4.13. The molecule has 0 saturated heterocycles. The van der Waals surface area contributed by atoms with E-state index in [-0.39, 0.29) is 10.5 Å². The number of aliphatic hydroxyl groups excluding tert-OH is 1. The Balaban J connectivity index is 3.62. The fraction of sp³-hybridized carbons (Fsp3) is 0.417. The van der Waals surface area contributed by atoms with E-state index in [2.05, 4.69) is 0 Å². The van der Waals surface area contributed by atoms with Crippen LogP contribution >= 0.6 is 0 Å². The van der Waals surface area contributed by atoms with E-state index >= 15 is 0 Å². The van der Waals surface area contributed by atoms with Gasteiger partial charge in [0.15, 0.2) is 9.84 Å². The summed E-state index contributed by atoms with van der Waals surface area (Å²) in [6, 6.07) is 2.46. The van der Waals surface area contributed by atoms with Gasteiger partial charge in [-0.3, -0.25) is 0 Å². The molecule has 6 heteroatoms. The summed E-state index contributed by atoms with van der Waals surface area (Å²) in [6.45, 7) is 3.29. The van der Waals surface area contributed by atoms with Gasteiger partial charge in [-0.05, 0) is 36.6 Å². The van der Waals surface area contributed by atoms with Crippen molar-refractivity contribution in [3.8, 4) is 0 Å². The second kappa shape index (κ2) is 5.07. The number of hydrogen-bond donors (Lipinski definition) is 2. The summed E-state index contributed by atoms with van der Waals surface area (Å²) in [5.74, 6) is -1.21. The monoisotopic (exact) mass is 272 g/mol. The van der Waals surface area contributed by atoms with Gasteiger partial charge in [-0.15, -0.1) is 0 Å². The molecule has 0 aliphatic carbocycles. The molecule has 100 valence electrons. The summed E-state index contributed by atoms with van der Waals surface area (Å²) < 4.78 is 23.0. The number of carboxylic acid groups (broad SMARTS) is 1. The molecule has 0 saturated carbocycles. The lowest BCUT2D eigenvalue weighted by molar-refractivity contribution is 0.0695. The molecule has 0 aliphatic heterocycles. The Hall–Kier alpha value is -1.40. The molecule has 1 aromatic carbocycles. The Labute approximate surface area is 106 Å². The Morgan fingerprint density at radius 2 is 1.94 bits per heavy atom. The van der Waals surface area contributed by atoms with E-state index in [1.165, 1.54) is 6.07 Å². The van der Waals surface area contributed by atoms with Crippen LogP contribution in [0.25, 0.3) is 0 Å². The standard InChI is InChI=1S/C12H16O5S/c1-4-11(13)9-5-8(18(3,16)17)6-10(7(9)2)12(14)15/h5-6,11,13H,4H2,1-3H3,(H,14,15). The number of aromatic carboxylic acids is 1. The second-order valence-corrected chi connectivity index (χ2v) is 6.20. The van der Waals surface area contributed by atoms with Gasteiger partial charge in [-0.25, -0.2) is 13.2 Å². The summed E-state index contributed by atoms with van der Waals surface area (Å²) in [7, 11) is -3.51. The van der Waals surface area contributed by atoms with Crippen LogP contribution in [0, 0.1) is 6.92 Å². The molecule has 2 N–H and O–H groups in total. The second-order valence-electron chi connectivity index (χ2n) is 4.19. The highest BCUT2D eigenvalue weighted by Gasteiger charge is 2.20. The fourth-order valence-corrected chi connectivity index (χ4v) is 2.38. The normalized spacial score (nSPS) is 13.3. The minimum absolute atomic E-state index is 0.0898. The molecule has 1 aromatic rings. The number of hydrogen-bond acceptors (Lipinski definition) is 4. The summed E-state index contributed by atoms with van der Waals surface area (Å²) >= 11 is 0. The first-order chi connectivity index (χ1) is 8.18. The van der Waals surface area contributed by atoms with E-state index in [0.29, 0.717) is 17.5 Å². The average molecular weight is 272 g/mol. The van der Waals surface area contributed by atoms with Crippen LogP contribution in [0.2, 0.25) is 0 Å². The summed E-state index contributed by atoms with van der Waals surface area (Å²) in [4.78, 5) is 11.0. The van der Waals surface area contributed by atoms with Gasteiger partial charge in [-0.1, -0.05) is 6.92 Å². The molecule has 0 bridgehead atoms. The third-order valence-corrected chi connectivity index (χ3v) is 3.92. The number of benzene rings is 1. The zero-order chi connectivity index (χ0) is 14.1. The molecule has 18 heavy (non-hydrogen) atoms. The minimum atomic E-state index is -3.51. The Morgan fingerprint density at radius 3 is 2.33 bits per heavy atom. The van der Waals surface area contributed by atoms with Crippen LogP contribution in [0.5, 0.6) is 0 Å². The maximum Gasteiger partial charge on any atom is 0.336 e. The molecule has 0 aliphatic rings. The first kappa shape index (κ1) is 14.7. The van der Waals surface area contributed by atoms with Gasteiger partial charge in [0.2, 0.25) is 0 Å². The molecule has 0 amide bonds. The van der Waals surface area contributed by atoms with E-state index in [0.717, 1.165) is 12.3 Å². The van der Waals surface area contributed by atoms with Crippen LogP contribution < -0.4 is 0 Å². The summed E-state index contributed by atoms with van der Waals surface area (Å²) in [6.07, 6.45) is 0.517. The number of sulfone groups is 1. The van der Waals surface area contributed by atoms with Crippen molar-refractivity contribution in [3.05, 3.63) is 28.8 Å². The quantitative estimate of drug-likeness (QED) is 0.867. The van der Waals surface area contributed by atoms with Gasteiger partial charge >= 0.3 is 5.97 Å². The van der Waals surface area contributed by atoms with Gasteiger partial charge < -0.3 is 10.2 Å². The molecule has 0 fully saturated rings. The minimum Gasteiger partial charge on any atom is -0.478 e. The van der Waals surface area contributed by atoms with E-state index in [4.69, 9.17) is 5.11 Å². The fourth-order valence-electron chi connectivity index (χ4n) is 1.71. The van der Waals surface area contributed by atoms with Crippen LogP contribution in [0.3, 0.4) is 0 Å². The molecular formula is C12H16O5S. The largest absolute Gasteiger partial charge is 0.478 e. The van der Waals surface area contributed by atoms with Gasteiger partial charge in [0.05, 0.1) is 16.6 Å². The molecule has 0 heterocycles. The zero-order valence-corrected chi connectivity index (χ0v) is 11.3. The van der Waals surface area contributed by atoms with Crippen molar-refractivity contribution in [2.75, 3.05) is 6.26 Å². The van der Waals surface area contributed by atoms with Crippen LogP contribution in [0.4, 0.5) is 0 Å². The third-order valence-electron chi connectivity index (χ3n) is 2.83. The van der Waals surface area contributed by atoms with Crippen molar-refractivity contribution >= 4 is 15.8 Å². The van der Waals surface area contributed by atoms with Crippen LogP contribution in [-0.4, -0.2) is 30.9 Å². The van der Waals surface area contributed by atoms with Crippen molar-refractivity contribution in [1.82, 2.24) is 0 Å². The maximum absolute atomic E-state index is 11.5. The molecule has 5 nitrogen and oxygen atoms in total. The lowest BCUT2D eigenvalue weighted by atomic mass is 9.97. The lowest BCUT2D eigenvalue weighted by Crippen LogP contribution is -2.10. The number of carbonyl (C=O) groups is 1. The van der Waals surface area contributed by atoms with Crippen molar-refractivity contribution in [2.24, 2.45) is 0 Å². The molecule has 0 radical (unpaired) electrons. The number of rotatable bonds is 4. The number of aliphatic hydroxyl groups is 1. The molecule has 1 unspecified atom stereocenters. The molecule has 1 atom stereocenters. The highest BCUT2D eigenvalue weighted by molar-refractivity contribution is 7.90. The van der Waals surface area contributed by atoms with Crippen molar-refractivity contribution in [1.29, 1.82) is 0 Å². The average Bonchev–Trinajstić information content (AvgIpc) is 2.26. The van der Waals surface area contributed by atoms with Crippen molar-refractivity contribution in [2.45, 2.75) is 31.3 Å². The van der Waals surface area contributed by atoms with Crippen LogP contribution in [0.15, 0.2) is 17.0 Å². The van der Waals surface area contributed by atoms with Gasteiger partial charge in [0.1, 0.15) is 0 Å². The first-order valence-electron chi connectivity index (χ1n) is 5.44. The zero-order valence-electron chi connectivity index (χ0n) is 10.5. The number of carboxylic acids is 1. The third kappa shape index (κ3) is 2.88. The van der Waals surface area contributed by atoms with Gasteiger partial charge in [0, 0.05) is 6.26 Å². The highest BCUT2D eigenvalue weighted by Crippen LogP contribution is 2.27. The molecule has 0 spiro atoms. The van der Waals surface area contributed by atoms with Gasteiger partial charge in [0.25, 0.3) is 0 Å². The lowest BCUT2D eigenvalue weighted by Gasteiger charge is -2.15. The predicted octanol–water partition coefficient (Wildman–Crippen LogP) is 1.54. The molecule has 1 rings (SSSR count).